The first-order valence-electron chi connectivity index (χ1n) is 13.7. The molecule has 0 radical (unpaired) electrons. The SMILES string of the molecule is Cc1ccc(-n2nc(C(C)(C)C)cc2NC(=O)CN(Cc2ccco2)C(=O)Nc2cc(C(F)(F)F)cc(C(F)(F)F)c2)c(C)c1. The molecular weight excluding hydrogens is 604 g/mol. The molecule has 2 heterocycles. The number of amides is 3. The molecule has 2 N–H and O–H groups in total. The molecule has 0 unspecified atom stereocenters. The number of carbonyl (C=O) groups excluding carboxylic acids is 2. The molecule has 4 aromatic rings. The van der Waals surface area contributed by atoms with Crippen LogP contribution in [0.2, 0.25) is 0 Å². The van der Waals surface area contributed by atoms with Gasteiger partial charge < -0.3 is 20.0 Å². The number of rotatable bonds is 7. The summed E-state index contributed by atoms with van der Waals surface area (Å²) in [4.78, 5) is 27.5. The van der Waals surface area contributed by atoms with Gasteiger partial charge in [-0.25, -0.2) is 9.48 Å². The summed E-state index contributed by atoms with van der Waals surface area (Å²) in [6.45, 7) is 8.70. The highest BCUT2D eigenvalue weighted by Crippen LogP contribution is 2.37. The van der Waals surface area contributed by atoms with Gasteiger partial charge in [-0.1, -0.05) is 38.5 Å². The van der Waals surface area contributed by atoms with Crippen LogP contribution in [0.3, 0.4) is 0 Å². The van der Waals surface area contributed by atoms with E-state index in [-0.39, 0.29) is 18.4 Å². The summed E-state index contributed by atoms with van der Waals surface area (Å²) in [6, 6.07) is 9.98. The minimum atomic E-state index is -5.11. The van der Waals surface area contributed by atoms with Crippen molar-refractivity contribution in [2.45, 2.75) is 58.9 Å². The van der Waals surface area contributed by atoms with Gasteiger partial charge in [0.05, 0.1) is 35.3 Å². The van der Waals surface area contributed by atoms with Crippen molar-refractivity contribution in [3.05, 3.63) is 94.6 Å². The Morgan fingerprint density at radius 2 is 1.53 bits per heavy atom. The van der Waals surface area contributed by atoms with Crippen molar-refractivity contribution in [3.8, 4) is 5.69 Å². The average molecular weight is 636 g/mol. The highest BCUT2D eigenvalue weighted by Gasteiger charge is 2.37. The molecule has 0 saturated carbocycles. The van der Waals surface area contributed by atoms with Crippen molar-refractivity contribution in [2.75, 3.05) is 17.2 Å². The fourth-order valence-electron chi connectivity index (χ4n) is 4.44. The van der Waals surface area contributed by atoms with Crippen LogP contribution in [-0.4, -0.2) is 33.2 Å². The first-order valence-corrected chi connectivity index (χ1v) is 13.7. The Morgan fingerprint density at radius 1 is 0.889 bits per heavy atom. The second-order valence-electron chi connectivity index (χ2n) is 11.6. The molecule has 0 aliphatic rings. The minimum absolute atomic E-state index is 0.0471. The highest BCUT2D eigenvalue weighted by atomic mass is 19.4. The van der Waals surface area contributed by atoms with Gasteiger partial charge in [-0.15, -0.1) is 0 Å². The molecule has 4 rings (SSSR count). The second-order valence-corrected chi connectivity index (χ2v) is 11.6. The van der Waals surface area contributed by atoms with Crippen molar-refractivity contribution >= 4 is 23.4 Å². The predicted octanol–water partition coefficient (Wildman–Crippen LogP) is 8.09. The van der Waals surface area contributed by atoms with Gasteiger partial charge in [0.25, 0.3) is 0 Å². The Morgan fingerprint density at radius 3 is 2.07 bits per heavy atom. The minimum Gasteiger partial charge on any atom is -0.467 e. The summed E-state index contributed by atoms with van der Waals surface area (Å²) in [7, 11) is 0. The smallest absolute Gasteiger partial charge is 0.416 e. The Balaban J connectivity index is 1.64. The summed E-state index contributed by atoms with van der Waals surface area (Å²) in [5, 5.41) is 9.50. The summed E-state index contributed by atoms with van der Waals surface area (Å²) in [5.41, 5.74) is -1.09. The fourth-order valence-corrected chi connectivity index (χ4v) is 4.44. The summed E-state index contributed by atoms with van der Waals surface area (Å²) in [5.74, 6) is -0.195. The van der Waals surface area contributed by atoms with E-state index < -0.39 is 53.1 Å². The van der Waals surface area contributed by atoms with E-state index in [1.54, 1.807) is 10.7 Å². The molecule has 0 saturated heterocycles. The van der Waals surface area contributed by atoms with Crippen LogP contribution in [0.4, 0.5) is 42.6 Å². The molecular formula is C31H31F6N5O3. The molecule has 0 atom stereocenters. The lowest BCUT2D eigenvalue weighted by Crippen LogP contribution is -2.40. The number of halogens is 6. The zero-order valence-electron chi connectivity index (χ0n) is 25.0. The number of hydrogen-bond donors (Lipinski definition) is 2. The lowest BCUT2D eigenvalue weighted by molar-refractivity contribution is -0.143. The Hall–Kier alpha value is -4.75. The van der Waals surface area contributed by atoms with Gasteiger partial charge in [0.15, 0.2) is 0 Å². The topological polar surface area (TPSA) is 92.4 Å². The number of aromatic nitrogens is 2. The van der Waals surface area contributed by atoms with Gasteiger partial charge >= 0.3 is 18.4 Å². The van der Waals surface area contributed by atoms with Gasteiger partial charge in [-0.05, 0) is 55.8 Å². The summed E-state index contributed by atoms with van der Waals surface area (Å²) in [6.07, 6.45) is -8.91. The maximum absolute atomic E-state index is 13.4. The summed E-state index contributed by atoms with van der Waals surface area (Å²) < 4.78 is 87.1. The molecule has 0 spiro atoms. The highest BCUT2D eigenvalue weighted by molar-refractivity contribution is 5.97. The Bertz CT molecular complexity index is 1650. The van der Waals surface area contributed by atoms with Crippen LogP contribution < -0.4 is 10.6 Å². The van der Waals surface area contributed by atoms with Gasteiger partial charge in [-0.2, -0.15) is 31.4 Å². The van der Waals surface area contributed by atoms with E-state index in [2.05, 4.69) is 10.6 Å². The van der Waals surface area contributed by atoms with E-state index >= 15 is 0 Å². The molecule has 240 valence electrons. The third kappa shape index (κ3) is 8.25. The van der Waals surface area contributed by atoms with E-state index in [0.717, 1.165) is 16.0 Å². The monoisotopic (exact) mass is 635 g/mol. The molecule has 0 aliphatic carbocycles. The van der Waals surface area contributed by atoms with Gasteiger partial charge in [0.1, 0.15) is 18.1 Å². The van der Waals surface area contributed by atoms with Gasteiger partial charge in [0.2, 0.25) is 5.91 Å². The number of urea groups is 1. The predicted molar refractivity (Wildman–Crippen MR) is 155 cm³/mol. The molecule has 0 fully saturated rings. The maximum Gasteiger partial charge on any atom is 0.416 e. The molecule has 3 amide bonds. The number of alkyl halides is 6. The van der Waals surface area contributed by atoms with Crippen molar-refractivity contribution in [1.82, 2.24) is 14.7 Å². The third-order valence-corrected chi connectivity index (χ3v) is 6.71. The van der Waals surface area contributed by atoms with Crippen molar-refractivity contribution in [3.63, 3.8) is 0 Å². The van der Waals surface area contributed by atoms with E-state index in [4.69, 9.17) is 9.52 Å². The first kappa shape index (κ1) is 33.1. The maximum atomic E-state index is 13.4. The number of anilines is 2. The Labute approximate surface area is 255 Å². The van der Waals surface area contributed by atoms with Crippen molar-refractivity contribution in [2.24, 2.45) is 0 Å². The van der Waals surface area contributed by atoms with Crippen LogP contribution in [-0.2, 0) is 29.1 Å². The van der Waals surface area contributed by atoms with Crippen LogP contribution in [0, 0.1) is 13.8 Å². The van der Waals surface area contributed by atoms with Crippen molar-refractivity contribution in [1.29, 1.82) is 0 Å². The van der Waals surface area contributed by atoms with E-state index in [9.17, 15) is 35.9 Å². The number of carbonyl (C=O) groups is 2. The lowest BCUT2D eigenvalue weighted by atomic mass is 9.92. The first-order chi connectivity index (χ1) is 20.8. The van der Waals surface area contributed by atoms with Crippen LogP contribution in [0.1, 0.15) is 54.5 Å². The zero-order chi connectivity index (χ0) is 33.3. The van der Waals surface area contributed by atoms with Crippen LogP contribution in [0.5, 0.6) is 0 Å². The molecule has 8 nitrogen and oxygen atoms in total. The zero-order valence-corrected chi connectivity index (χ0v) is 25.0. The van der Waals surface area contributed by atoms with E-state index in [1.165, 1.54) is 18.4 Å². The van der Waals surface area contributed by atoms with Crippen LogP contribution in [0.25, 0.3) is 5.69 Å². The second kappa shape index (κ2) is 12.3. The molecule has 0 aliphatic heterocycles. The van der Waals surface area contributed by atoms with Crippen LogP contribution in [0.15, 0.2) is 65.3 Å². The number of hydrogen-bond acceptors (Lipinski definition) is 4. The average Bonchev–Trinajstić information content (AvgIpc) is 3.57. The third-order valence-electron chi connectivity index (χ3n) is 6.71. The standard InChI is InChI=1S/C31H31F6N5O3/c1-18-8-9-24(19(2)11-18)42-26(15-25(40-42)29(3,4)5)39-27(43)17-41(16-23-7-6-10-45-23)28(44)38-22-13-20(30(32,33)34)12-21(14-22)31(35,36)37/h6-15H,16-17H2,1-5H3,(H,38,44)(H,39,43). The van der Waals surface area contributed by atoms with Crippen molar-refractivity contribution < 1.29 is 40.3 Å². The largest absolute Gasteiger partial charge is 0.467 e. The Kier molecular flexibility index (Phi) is 9.08. The van der Waals surface area contributed by atoms with Gasteiger partial charge in [-0.3, -0.25) is 4.79 Å². The molecule has 45 heavy (non-hydrogen) atoms. The number of nitrogens with zero attached hydrogens (tertiary/aromatic N) is 3. The quantitative estimate of drug-likeness (QED) is 0.201. The molecule has 2 aromatic carbocycles. The number of nitrogens with one attached hydrogen (secondary N) is 2. The summed E-state index contributed by atoms with van der Waals surface area (Å²) >= 11 is 0. The molecule has 14 heteroatoms. The molecule has 0 bridgehead atoms. The molecule has 2 aromatic heterocycles. The van der Waals surface area contributed by atoms with E-state index in [1.807, 2.05) is 52.8 Å². The fraction of sp³-hybridized carbons (Fsp3) is 0.323. The van der Waals surface area contributed by atoms with Crippen LogP contribution >= 0.6 is 0 Å². The number of furan rings is 1. The normalized spacial score (nSPS) is 12.2. The van der Waals surface area contributed by atoms with E-state index in [0.29, 0.717) is 29.3 Å². The van der Waals surface area contributed by atoms with Gasteiger partial charge in [0, 0.05) is 17.2 Å². The number of aryl methyl sites for hydroxylation is 2. The lowest BCUT2D eigenvalue weighted by Gasteiger charge is -2.23. The number of benzene rings is 2.